The molecule has 1 heterocycles. The fraction of sp³-hybridized carbons (Fsp3) is 0.312. The first-order chi connectivity index (χ1) is 10.9. The zero-order valence-corrected chi connectivity index (χ0v) is 14.3. The van der Waals surface area contributed by atoms with Crippen molar-refractivity contribution < 1.29 is 14.3 Å². The zero-order valence-electron chi connectivity index (χ0n) is 12.8. The fourth-order valence-electron chi connectivity index (χ4n) is 2.21. The number of amides is 2. The number of anilines is 1. The van der Waals surface area contributed by atoms with Gasteiger partial charge in [0.25, 0.3) is 0 Å². The molecule has 0 bridgehead atoms. The van der Waals surface area contributed by atoms with Crippen molar-refractivity contribution >= 4 is 34.9 Å². The molecule has 2 aromatic rings. The number of carbonyl (C=O) groups is 1. The number of nitrogens with one attached hydrogen (secondary N) is 2. The molecule has 0 aliphatic carbocycles. The van der Waals surface area contributed by atoms with E-state index in [1.54, 1.807) is 31.2 Å². The molecule has 1 atom stereocenters. The van der Waals surface area contributed by atoms with Gasteiger partial charge < -0.3 is 20.2 Å². The Morgan fingerprint density at radius 1 is 1.26 bits per heavy atom. The van der Waals surface area contributed by atoms with E-state index in [0.717, 1.165) is 11.3 Å². The molecule has 0 spiro atoms. The van der Waals surface area contributed by atoms with Gasteiger partial charge in [-0.05, 0) is 44.5 Å². The molecule has 1 aromatic carbocycles. The standard InChI is InChI=1S/C16H18Cl2N2O3/c1-9-7-12(10(2)23-9)15(21)5-6-19-16(22)20-11-3-4-13(17)14(18)8-11/h3-4,7-8,15,21H,5-6H2,1-2H3,(H2,19,20,22)/t15-/m1/s1. The van der Waals surface area contributed by atoms with Crippen LogP contribution in [0.5, 0.6) is 0 Å². The van der Waals surface area contributed by atoms with E-state index in [0.29, 0.717) is 34.5 Å². The molecule has 2 rings (SSSR count). The number of hydrogen-bond donors (Lipinski definition) is 3. The summed E-state index contributed by atoms with van der Waals surface area (Å²) in [6, 6.07) is 6.25. The van der Waals surface area contributed by atoms with Gasteiger partial charge in [-0.15, -0.1) is 0 Å². The van der Waals surface area contributed by atoms with E-state index < -0.39 is 6.10 Å². The predicted octanol–water partition coefficient (Wildman–Crippen LogP) is 4.45. The molecule has 0 saturated heterocycles. The molecule has 2 amide bonds. The quantitative estimate of drug-likeness (QED) is 0.740. The second-order valence-corrected chi connectivity index (χ2v) is 6.00. The molecule has 0 radical (unpaired) electrons. The van der Waals surface area contributed by atoms with Gasteiger partial charge in [-0.1, -0.05) is 23.2 Å². The molecule has 1 aromatic heterocycles. The van der Waals surface area contributed by atoms with Crippen LogP contribution in [0.3, 0.4) is 0 Å². The molecule has 0 unspecified atom stereocenters. The van der Waals surface area contributed by atoms with Crippen LogP contribution in [0, 0.1) is 13.8 Å². The number of rotatable bonds is 5. The first-order valence-corrected chi connectivity index (χ1v) is 7.87. The van der Waals surface area contributed by atoms with Crippen LogP contribution in [0.2, 0.25) is 10.0 Å². The number of furan rings is 1. The number of aliphatic hydroxyl groups is 1. The third-order valence-electron chi connectivity index (χ3n) is 3.32. The summed E-state index contributed by atoms with van der Waals surface area (Å²) >= 11 is 11.7. The molecule has 0 aliphatic heterocycles. The predicted molar refractivity (Wildman–Crippen MR) is 91.2 cm³/mol. The number of aliphatic hydroxyl groups excluding tert-OH is 1. The summed E-state index contributed by atoms with van der Waals surface area (Å²) in [7, 11) is 0. The zero-order chi connectivity index (χ0) is 17.0. The van der Waals surface area contributed by atoms with Crippen molar-refractivity contribution in [3.63, 3.8) is 0 Å². The smallest absolute Gasteiger partial charge is 0.319 e. The Bertz CT molecular complexity index is 701. The van der Waals surface area contributed by atoms with Gasteiger partial charge in [0.2, 0.25) is 0 Å². The van der Waals surface area contributed by atoms with Gasteiger partial charge in [-0.25, -0.2) is 4.79 Å². The van der Waals surface area contributed by atoms with Crippen LogP contribution in [0.15, 0.2) is 28.7 Å². The highest BCUT2D eigenvalue weighted by Crippen LogP contribution is 2.25. The third-order valence-corrected chi connectivity index (χ3v) is 4.06. The first-order valence-electron chi connectivity index (χ1n) is 7.11. The fourth-order valence-corrected chi connectivity index (χ4v) is 2.51. The summed E-state index contributed by atoms with van der Waals surface area (Å²) in [6.07, 6.45) is -0.299. The van der Waals surface area contributed by atoms with Gasteiger partial charge in [0.05, 0.1) is 16.1 Å². The number of carbonyl (C=O) groups excluding carboxylic acids is 1. The Kier molecular flexibility index (Phi) is 5.93. The summed E-state index contributed by atoms with van der Waals surface area (Å²) in [4.78, 5) is 11.8. The van der Waals surface area contributed by atoms with Crippen molar-refractivity contribution in [2.75, 3.05) is 11.9 Å². The van der Waals surface area contributed by atoms with Gasteiger partial charge in [-0.2, -0.15) is 0 Å². The van der Waals surface area contributed by atoms with Crippen molar-refractivity contribution in [1.29, 1.82) is 0 Å². The molecule has 5 nitrogen and oxygen atoms in total. The second kappa shape index (κ2) is 7.73. The Hall–Kier alpha value is -1.69. The lowest BCUT2D eigenvalue weighted by Gasteiger charge is -2.11. The number of urea groups is 1. The van der Waals surface area contributed by atoms with E-state index in [4.69, 9.17) is 27.6 Å². The topological polar surface area (TPSA) is 74.5 Å². The number of benzene rings is 1. The Morgan fingerprint density at radius 2 is 2.00 bits per heavy atom. The second-order valence-electron chi connectivity index (χ2n) is 5.18. The summed E-state index contributed by atoms with van der Waals surface area (Å²) in [5.74, 6) is 1.44. The van der Waals surface area contributed by atoms with E-state index in [2.05, 4.69) is 10.6 Å². The van der Waals surface area contributed by atoms with Gasteiger partial charge in [0.15, 0.2) is 0 Å². The Balaban J connectivity index is 1.80. The normalized spacial score (nSPS) is 12.0. The minimum Gasteiger partial charge on any atom is -0.466 e. The molecule has 0 aliphatic rings. The minimum absolute atomic E-state index is 0.317. The summed E-state index contributed by atoms with van der Waals surface area (Å²) < 4.78 is 5.38. The number of hydrogen-bond acceptors (Lipinski definition) is 3. The van der Waals surface area contributed by atoms with E-state index in [9.17, 15) is 9.90 Å². The minimum atomic E-state index is -0.683. The van der Waals surface area contributed by atoms with Crippen LogP contribution in [0.1, 0.15) is 29.6 Å². The van der Waals surface area contributed by atoms with Crippen LogP contribution < -0.4 is 10.6 Å². The van der Waals surface area contributed by atoms with Crippen LogP contribution in [0.4, 0.5) is 10.5 Å². The van der Waals surface area contributed by atoms with Gasteiger partial charge in [0, 0.05) is 17.8 Å². The van der Waals surface area contributed by atoms with E-state index >= 15 is 0 Å². The van der Waals surface area contributed by atoms with E-state index in [-0.39, 0.29) is 6.03 Å². The summed E-state index contributed by atoms with van der Waals surface area (Å²) in [6.45, 7) is 3.94. The Labute approximate surface area is 144 Å². The number of aryl methyl sites for hydroxylation is 2. The van der Waals surface area contributed by atoms with Gasteiger partial charge >= 0.3 is 6.03 Å². The maximum absolute atomic E-state index is 11.8. The average Bonchev–Trinajstić information content (AvgIpc) is 2.81. The SMILES string of the molecule is Cc1cc([C@H](O)CCNC(=O)Nc2ccc(Cl)c(Cl)c2)c(C)o1. The highest BCUT2D eigenvalue weighted by molar-refractivity contribution is 6.42. The maximum atomic E-state index is 11.8. The monoisotopic (exact) mass is 356 g/mol. The molecular formula is C16H18Cl2N2O3. The van der Waals surface area contributed by atoms with Crippen molar-refractivity contribution in [2.45, 2.75) is 26.4 Å². The lowest BCUT2D eigenvalue weighted by Crippen LogP contribution is -2.30. The largest absolute Gasteiger partial charge is 0.466 e. The molecule has 0 saturated carbocycles. The van der Waals surface area contributed by atoms with Crippen LogP contribution in [-0.4, -0.2) is 17.7 Å². The van der Waals surface area contributed by atoms with Crippen LogP contribution >= 0.6 is 23.2 Å². The van der Waals surface area contributed by atoms with Crippen LogP contribution in [-0.2, 0) is 0 Å². The maximum Gasteiger partial charge on any atom is 0.319 e. The molecule has 0 fully saturated rings. The lowest BCUT2D eigenvalue weighted by atomic mass is 10.1. The lowest BCUT2D eigenvalue weighted by molar-refractivity contribution is 0.165. The molecule has 23 heavy (non-hydrogen) atoms. The van der Waals surface area contributed by atoms with Crippen molar-refractivity contribution in [2.24, 2.45) is 0 Å². The summed E-state index contributed by atoms with van der Waals surface area (Å²) in [5.41, 5.74) is 1.29. The van der Waals surface area contributed by atoms with E-state index in [1.807, 2.05) is 6.92 Å². The molecule has 124 valence electrons. The summed E-state index contributed by atoms with van der Waals surface area (Å²) in [5, 5.41) is 16.2. The van der Waals surface area contributed by atoms with Gasteiger partial charge in [-0.3, -0.25) is 0 Å². The van der Waals surface area contributed by atoms with Crippen molar-refractivity contribution in [3.8, 4) is 0 Å². The Morgan fingerprint density at radius 3 is 2.61 bits per heavy atom. The number of halogens is 2. The first kappa shape index (κ1) is 17.7. The third kappa shape index (κ3) is 4.89. The highest BCUT2D eigenvalue weighted by Gasteiger charge is 2.14. The average molecular weight is 357 g/mol. The van der Waals surface area contributed by atoms with Crippen molar-refractivity contribution in [1.82, 2.24) is 5.32 Å². The molecular weight excluding hydrogens is 339 g/mol. The molecule has 3 N–H and O–H groups in total. The molecule has 7 heteroatoms. The van der Waals surface area contributed by atoms with Crippen molar-refractivity contribution in [3.05, 3.63) is 51.4 Å². The van der Waals surface area contributed by atoms with Crippen LogP contribution in [0.25, 0.3) is 0 Å². The van der Waals surface area contributed by atoms with E-state index in [1.165, 1.54) is 0 Å². The highest BCUT2D eigenvalue weighted by atomic mass is 35.5. The van der Waals surface area contributed by atoms with Gasteiger partial charge in [0.1, 0.15) is 11.5 Å².